The lowest BCUT2D eigenvalue weighted by atomic mass is 9.63. The molecule has 1 N–H and O–H groups in total. The van der Waals surface area contributed by atoms with Crippen LogP contribution < -0.4 is 10.2 Å². The molecule has 0 radical (unpaired) electrons. The number of hydrogen-bond donors (Lipinski definition) is 1. The Hall–Kier alpha value is -2.66. The van der Waals surface area contributed by atoms with Crippen molar-refractivity contribution in [3.63, 3.8) is 0 Å². The van der Waals surface area contributed by atoms with Gasteiger partial charge < -0.3 is 10.2 Å². The van der Waals surface area contributed by atoms with Crippen molar-refractivity contribution in [2.24, 2.45) is 0 Å². The van der Waals surface area contributed by atoms with Gasteiger partial charge in [-0.25, -0.2) is 4.39 Å². The minimum Gasteiger partial charge on any atom is -0.367 e. The zero-order valence-electron chi connectivity index (χ0n) is 16.2. The maximum atomic E-state index is 13.7. The summed E-state index contributed by atoms with van der Waals surface area (Å²) in [5.74, 6) is -0.329. The molecule has 5 heteroatoms. The smallest absolute Gasteiger partial charge is 0.235 e. The molecule has 1 aliphatic heterocycles. The maximum absolute atomic E-state index is 13.7. The predicted octanol–water partition coefficient (Wildman–Crippen LogP) is 5.51. The van der Waals surface area contributed by atoms with Gasteiger partial charge in [-0.05, 0) is 78.2 Å². The van der Waals surface area contributed by atoms with Gasteiger partial charge in [-0.15, -0.1) is 11.3 Å². The van der Waals surface area contributed by atoms with E-state index in [2.05, 4.69) is 33.8 Å². The quantitative estimate of drug-likeness (QED) is 0.620. The second kappa shape index (κ2) is 7.30. The number of amides is 1. The lowest BCUT2D eigenvalue weighted by Crippen LogP contribution is -2.46. The summed E-state index contributed by atoms with van der Waals surface area (Å²) in [4.78, 5) is 16.9. The van der Waals surface area contributed by atoms with E-state index in [1.54, 1.807) is 6.07 Å². The van der Waals surface area contributed by atoms with Crippen molar-refractivity contribution in [1.82, 2.24) is 0 Å². The number of hydrogen-bond acceptors (Lipinski definition) is 3. The predicted molar refractivity (Wildman–Crippen MR) is 116 cm³/mol. The SMILES string of the molecule is O=C(Nc1ccc(N2CCc3sccc3C2)cc1)C1(c2cccc(F)c2)CCC1. The monoisotopic (exact) mass is 406 g/mol. The third kappa shape index (κ3) is 3.33. The van der Waals surface area contributed by atoms with Gasteiger partial charge >= 0.3 is 0 Å². The molecule has 3 aromatic rings. The summed E-state index contributed by atoms with van der Waals surface area (Å²) in [5.41, 5.74) is 3.54. The van der Waals surface area contributed by atoms with Crippen LogP contribution in [0.5, 0.6) is 0 Å². The van der Waals surface area contributed by atoms with Crippen LogP contribution in [0.15, 0.2) is 60.0 Å². The van der Waals surface area contributed by atoms with Crippen LogP contribution in [0.3, 0.4) is 0 Å². The number of carbonyl (C=O) groups is 1. The normalized spacial score (nSPS) is 17.3. The molecule has 2 aromatic carbocycles. The molecule has 0 unspecified atom stereocenters. The Balaban J connectivity index is 1.30. The van der Waals surface area contributed by atoms with Gasteiger partial charge in [0.15, 0.2) is 0 Å². The van der Waals surface area contributed by atoms with Gasteiger partial charge in [0.05, 0.1) is 5.41 Å². The van der Waals surface area contributed by atoms with E-state index in [9.17, 15) is 9.18 Å². The Morgan fingerprint density at radius 3 is 2.66 bits per heavy atom. The molecule has 1 aliphatic carbocycles. The van der Waals surface area contributed by atoms with Crippen molar-refractivity contribution in [2.45, 2.75) is 37.6 Å². The first kappa shape index (κ1) is 18.4. The molecule has 3 nitrogen and oxygen atoms in total. The van der Waals surface area contributed by atoms with E-state index in [4.69, 9.17) is 0 Å². The standard InChI is InChI=1S/C24H23FN2OS/c25-19-4-1-3-18(15-19)24(11-2-12-24)23(28)26-20-5-7-21(8-6-20)27-13-9-22-17(16-27)10-14-29-22/h1,3-8,10,14-15H,2,9,11-13,16H2,(H,26,28). The molecule has 0 atom stereocenters. The summed E-state index contributed by atoms with van der Waals surface area (Å²) in [7, 11) is 0. The summed E-state index contributed by atoms with van der Waals surface area (Å²) in [6, 6.07) is 16.8. The highest BCUT2D eigenvalue weighted by Gasteiger charge is 2.45. The molecule has 1 saturated carbocycles. The van der Waals surface area contributed by atoms with Crippen molar-refractivity contribution in [3.05, 3.63) is 81.8 Å². The minimum atomic E-state index is -0.608. The number of rotatable bonds is 4. The number of thiophene rings is 1. The van der Waals surface area contributed by atoms with Gasteiger partial charge in [-0.1, -0.05) is 18.6 Å². The highest BCUT2D eigenvalue weighted by molar-refractivity contribution is 7.10. The summed E-state index contributed by atoms with van der Waals surface area (Å²) < 4.78 is 13.7. The van der Waals surface area contributed by atoms with Gasteiger partial charge in [0, 0.05) is 29.3 Å². The van der Waals surface area contributed by atoms with Crippen LogP contribution in [-0.2, 0) is 23.2 Å². The fourth-order valence-electron chi connectivity index (χ4n) is 4.44. The van der Waals surface area contributed by atoms with E-state index in [1.165, 1.54) is 28.3 Å². The lowest BCUT2D eigenvalue weighted by molar-refractivity contribution is -0.124. The van der Waals surface area contributed by atoms with Crippen LogP contribution in [0.1, 0.15) is 35.3 Å². The van der Waals surface area contributed by atoms with Crippen LogP contribution in [0, 0.1) is 5.82 Å². The number of anilines is 2. The Labute approximate surface area is 174 Å². The second-order valence-corrected chi connectivity index (χ2v) is 8.99. The van der Waals surface area contributed by atoms with Crippen molar-refractivity contribution in [3.8, 4) is 0 Å². The third-order valence-electron chi connectivity index (χ3n) is 6.32. The number of carbonyl (C=O) groups excluding carboxylic acids is 1. The van der Waals surface area contributed by atoms with Crippen LogP contribution in [0.4, 0.5) is 15.8 Å². The zero-order chi connectivity index (χ0) is 19.8. The highest BCUT2D eigenvalue weighted by atomic mass is 32.1. The lowest BCUT2D eigenvalue weighted by Gasteiger charge is -2.40. The van der Waals surface area contributed by atoms with Crippen LogP contribution >= 0.6 is 11.3 Å². The van der Waals surface area contributed by atoms with E-state index in [1.807, 2.05) is 29.5 Å². The highest BCUT2D eigenvalue weighted by Crippen LogP contribution is 2.44. The molecule has 1 aromatic heterocycles. The molecule has 0 bridgehead atoms. The first-order valence-corrected chi connectivity index (χ1v) is 11.0. The summed E-state index contributed by atoms with van der Waals surface area (Å²) in [6.07, 6.45) is 3.60. The Morgan fingerprint density at radius 1 is 1.10 bits per heavy atom. The van der Waals surface area contributed by atoms with Crippen LogP contribution in [0.2, 0.25) is 0 Å². The maximum Gasteiger partial charge on any atom is 0.235 e. The van der Waals surface area contributed by atoms with E-state index >= 15 is 0 Å². The van der Waals surface area contributed by atoms with Crippen LogP contribution in [-0.4, -0.2) is 12.5 Å². The minimum absolute atomic E-state index is 0.0389. The van der Waals surface area contributed by atoms with Crippen molar-refractivity contribution < 1.29 is 9.18 Å². The van der Waals surface area contributed by atoms with Gasteiger partial charge in [0.1, 0.15) is 5.82 Å². The Bertz CT molecular complexity index is 1040. The number of nitrogens with zero attached hydrogens (tertiary/aromatic N) is 1. The zero-order valence-corrected chi connectivity index (χ0v) is 17.0. The molecule has 1 fully saturated rings. The molecule has 1 amide bonds. The average Bonchev–Trinajstić information content (AvgIpc) is 3.16. The van der Waals surface area contributed by atoms with Crippen molar-refractivity contribution in [1.29, 1.82) is 0 Å². The van der Waals surface area contributed by atoms with Crippen molar-refractivity contribution in [2.75, 3.05) is 16.8 Å². The Kier molecular flexibility index (Phi) is 4.63. The van der Waals surface area contributed by atoms with Crippen molar-refractivity contribution >= 4 is 28.6 Å². The van der Waals surface area contributed by atoms with Gasteiger partial charge in [0.2, 0.25) is 5.91 Å². The van der Waals surface area contributed by atoms with Gasteiger partial charge in [0.25, 0.3) is 0 Å². The third-order valence-corrected chi connectivity index (χ3v) is 7.34. The van der Waals surface area contributed by atoms with E-state index in [0.717, 1.165) is 50.0 Å². The first-order valence-electron chi connectivity index (χ1n) is 10.1. The summed E-state index contributed by atoms with van der Waals surface area (Å²) in [6.45, 7) is 1.95. The van der Waals surface area contributed by atoms with E-state index in [-0.39, 0.29) is 11.7 Å². The Morgan fingerprint density at radius 2 is 1.93 bits per heavy atom. The fourth-order valence-corrected chi connectivity index (χ4v) is 5.33. The topological polar surface area (TPSA) is 32.3 Å². The second-order valence-electron chi connectivity index (χ2n) is 7.99. The molecule has 148 valence electrons. The van der Waals surface area contributed by atoms with E-state index in [0.29, 0.717) is 0 Å². The number of fused-ring (bicyclic) bond motifs is 1. The number of benzene rings is 2. The van der Waals surface area contributed by atoms with Gasteiger partial charge in [-0.2, -0.15) is 0 Å². The summed E-state index contributed by atoms with van der Waals surface area (Å²) in [5, 5.41) is 5.23. The summed E-state index contributed by atoms with van der Waals surface area (Å²) >= 11 is 1.84. The molecule has 0 saturated heterocycles. The largest absolute Gasteiger partial charge is 0.367 e. The van der Waals surface area contributed by atoms with E-state index < -0.39 is 5.41 Å². The first-order chi connectivity index (χ1) is 14.1. The molecule has 2 heterocycles. The molecule has 5 rings (SSSR count). The number of nitrogens with one attached hydrogen (secondary N) is 1. The molecular weight excluding hydrogens is 383 g/mol. The number of halogens is 1. The molecule has 0 spiro atoms. The van der Waals surface area contributed by atoms with Crippen LogP contribution in [0.25, 0.3) is 0 Å². The molecule has 29 heavy (non-hydrogen) atoms. The molecular formula is C24H23FN2OS. The average molecular weight is 407 g/mol. The van der Waals surface area contributed by atoms with Gasteiger partial charge in [-0.3, -0.25) is 4.79 Å². The molecule has 2 aliphatic rings. The fraction of sp³-hybridized carbons (Fsp3) is 0.292.